The van der Waals surface area contributed by atoms with Gasteiger partial charge in [-0.2, -0.15) is 5.10 Å². The van der Waals surface area contributed by atoms with Gasteiger partial charge in [0, 0.05) is 25.7 Å². The Kier molecular flexibility index (Phi) is 3.64. The maximum atomic E-state index is 11.4. The van der Waals surface area contributed by atoms with Crippen LogP contribution < -0.4 is 11.1 Å². The van der Waals surface area contributed by atoms with Crippen LogP contribution in [0.25, 0.3) is 0 Å². The Labute approximate surface area is 83.3 Å². The van der Waals surface area contributed by atoms with Crippen molar-refractivity contribution in [3.63, 3.8) is 0 Å². The van der Waals surface area contributed by atoms with Gasteiger partial charge in [0.15, 0.2) is 5.82 Å². The van der Waals surface area contributed by atoms with Crippen molar-refractivity contribution in [2.24, 2.45) is 18.7 Å². The van der Waals surface area contributed by atoms with E-state index >= 15 is 0 Å². The van der Waals surface area contributed by atoms with E-state index in [0.29, 0.717) is 18.8 Å². The number of carbonyl (C=O) groups is 1. The maximum absolute atomic E-state index is 11.4. The van der Waals surface area contributed by atoms with Gasteiger partial charge in [0.25, 0.3) is 0 Å². The van der Waals surface area contributed by atoms with Crippen LogP contribution in [0.5, 0.6) is 0 Å². The second kappa shape index (κ2) is 4.76. The van der Waals surface area contributed by atoms with E-state index in [9.17, 15) is 4.79 Å². The number of aryl methyl sites for hydroxylation is 1. The van der Waals surface area contributed by atoms with E-state index in [1.807, 2.05) is 6.92 Å². The zero-order valence-electron chi connectivity index (χ0n) is 8.53. The third-order valence-electron chi connectivity index (χ3n) is 1.92. The van der Waals surface area contributed by atoms with E-state index < -0.39 is 0 Å². The number of aromatic nitrogens is 2. The zero-order chi connectivity index (χ0) is 10.6. The first-order valence-electron chi connectivity index (χ1n) is 4.61. The van der Waals surface area contributed by atoms with Crippen molar-refractivity contribution in [3.05, 3.63) is 12.3 Å². The number of amides is 1. The number of anilines is 1. The molecule has 0 bridgehead atoms. The molecule has 1 amide bonds. The van der Waals surface area contributed by atoms with E-state index in [4.69, 9.17) is 5.73 Å². The highest BCUT2D eigenvalue weighted by molar-refractivity contribution is 5.89. The van der Waals surface area contributed by atoms with Crippen LogP contribution in [0.3, 0.4) is 0 Å². The fourth-order valence-electron chi connectivity index (χ4n) is 1.08. The maximum Gasteiger partial charge on any atom is 0.225 e. The van der Waals surface area contributed by atoms with Crippen LogP contribution in [-0.2, 0) is 11.8 Å². The van der Waals surface area contributed by atoms with Gasteiger partial charge in [-0.15, -0.1) is 0 Å². The van der Waals surface area contributed by atoms with Crippen LogP contribution in [0.4, 0.5) is 5.82 Å². The summed E-state index contributed by atoms with van der Waals surface area (Å²) in [6.45, 7) is 2.47. The smallest absolute Gasteiger partial charge is 0.225 e. The molecule has 14 heavy (non-hydrogen) atoms. The van der Waals surface area contributed by atoms with Gasteiger partial charge in [-0.3, -0.25) is 9.48 Å². The number of hydrogen-bond donors (Lipinski definition) is 2. The van der Waals surface area contributed by atoms with Crippen molar-refractivity contribution in [2.75, 3.05) is 11.9 Å². The van der Waals surface area contributed by atoms with Crippen LogP contribution in [-0.4, -0.2) is 22.2 Å². The molecule has 5 nitrogen and oxygen atoms in total. The average molecular weight is 196 g/mol. The third-order valence-corrected chi connectivity index (χ3v) is 1.92. The van der Waals surface area contributed by atoms with E-state index in [0.717, 1.165) is 0 Å². The fourth-order valence-corrected chi connectivity index (χ4v) is 1.08. The van der Waals surface area contributed by atoms with Crippen LogP contribution in [0.1, 0.15) is 13.3 Å². The Bertz CT molecular complexity index is 308. The summed E-state index contributed by atoms with van der Waals surface area (Å²) in [7, 11) is 1.80. The van der Waals surface area contributed by atoms with Gasteiger partial charge >= 0.3 is 0 Å². The minimum atomic E-state index is -0.0401. The summed E-state index contributed by atoms with van der Waals surface area (Å²) in [5, 5.41) is 6.74. The highest BCUT2D eigenvalue weighted by Gasteiger charge is 2.08. The SMILES string of the molecule is CC(CN)CC(=O)Nc1ccn(C)n1. The van der Waals surface area contributed by atoms with E-state index in [1.165, 1.54) is 0 Å². The van der Waals surface area contributed by atoms with E-state index in [1.54, 1.807) is 24.0 Å². The predicted molar refractivity (Wildman–Crippen MR) is 54.7 cm³/mol. The van der Waals surface area contributed by atoms with Gasteiger partial charge in [0.05, 0.1) is 0 Å². The summed E-state index contributed by atoms with van der Waals surface area (Å²) in [4.78, 5) is 11.4. The molecule has 0 saturated heterocycles. The van der Waals surface area contributed by atoms with Crippen LogP contribution in [0.15, 0.2) is 12.3 Å². The van der Waals surface area contributed by atoms with Crippen molar-refractivity contribution < 1.29 is 4.79 Å². The third kappa shape index (κ3) is 3.18. The Hall–Kier alpha value is -1.36. The van der Waals surface area contributed by atoms with Crippen LogP contribution in [0, 0.1) is 5.92 Å². The molecule has 0 fully saturated rings. The first-order chi connectivity index (χ1) is 6.61. The van der Waals surface area contributed by atoms with Gasteiger partial charge < -0.3 is 11.1 Å². The molecular formula is C9H16N4O. The van der Waals surface area contributed by atoms with Gasteiger partial charge in [-0.05, 0) is 12.5 Å². The summed E-state index contributed by atoms with van der Waals surface area (Å²) in [6, 6.07) is 1.75. The highest BCUT2D eigenvalue weighted by atomic mass is 16.1. The number of nitrogens with one attached hydrogen (secondary N) is 1. The average Bonchev–Trinajstić information content (AvgIpc) is 2.50. The quantitative estimate of drug-likeness (QED) is 0.729. The van der Waals surface area contributed by atoms with Crippen molar-refractivity contribution >= 4 is 11.7 Å². The number of rotatable bonds is 4. The second-order valence-corrected chi connectivity index (χ2v) is 3.47. The van der Waals surface area contributed by atoms with Crippen molar-refractivity contribution in [1.29, 1.82) is 0 Å². The minimum absolute atomic E-state index is 0.0401. The lowest BCUT2D eigenvalue weighted by atomic mass is 10.1. The molecule has 1 aromatic rings. The van der Waals surface area contributed by atoms with Gasteiger partial charge in [-0.1, -0.05) is 6.92 Å². The number of hydrogen-bond acceptors (Lipinski definition) is 3. The standard InChI is InChI=1S/C9H16N4O/c1-7(6-10)5-9(14)11-8-3-4-13(2)12-8/h3-4,7H,5-6,10H2,1-2H3,(H,11,12,14). The molecule has 0 saturated carbocycles. The summed E-state index contributed by atoms with van der Waals surface area (Å²) >= 11 is 0. The Balaban J connectivity index is 2.41. The monoisotopic (exact) mass is 196 g/mol. The normalized spacial score (nSPS) is 12.5. The summed E-state index contributed by atoms with van der Waals surface area (Å²) in [5.41, 5.74) is 5.42. The molecule has 1 rings (SSSR count). The van der Waals surface area contributed by atoms with E-state index in [2.05, 4.69) is 10.4 Å². The zero-order valence-corrected chi connectivity index (χ0v) is 8.53. The molecule has 3 N–H and O–H groups in total. The second-order valence-electron chi connectivity index (χ2n) is 3.47. The van der Waals surface area contributed by atoms with Gasteiger partial charge in [0.2, 0.25) is 5.91 Å². The summed E-state index contributed by atoms with van der Waals surface area (Å²) < 4.78 is 1.64. The van der Waals surface area contributed by atoms with Crippen molar-refractivity contribution in [1.82, 2.24) is 9.78 Å². The molecule has 1 heterocycles. The first kappa shape index (κ1) is 10.7. The molecule has 1 aromatic heterocycles. The molecule has 0 aliphatic carbocycles. The van der Waals surface area contributed by atoms with Crippen molar-refractivity contribution in [3.8, 4) is 0 Å². The first-order valence-corrected chi connectivity index (χ1v) is 4.61. The number of nitrogens with two attached hydrogens (primary N) is 1. The molecule has 0 radical (unpaired) electrons. The Morgan fingerprint density at radius 1 is 1.79 bits per heavy atom. The van der Waals surface area contributed by atoms with E-state index in [-0.39, 0.29) is 11.8 Å². The number of carbonyl (C=O) groups excluding carboxylic acids is 1. The molecular weight excluding hydrogens is 180 g/mol. The minimum Gasteiger partial charge on any atom is -0.330 e. The largest absolute Gasteiger partial charge is 0.330 e. The summed E-state index contributed by atoms with van der Waals surface area (Å²) in [6.07, 6.45) is 2.22. The lowest BCUT2D eigenvalue weighted by molar-refractivity contribution is -0.116. The predicted octanol–water partition coefficient (Wildman–Crippen LogP) is 0.343. The molecule has 0 spiro atoms. The molecule has 0 aliphatic heterocycles. The van der Waals surface area contributed by atoms with Crippen LogP contribution in [0.2, 0.25) is 0 Å². The lowest BCUT2D eigenvalue weighted by Gasteiger charge is -2.06. The van der Waals surface area contributed by atoms with Gasteiger partial charge in [-0.25, -0.2) is 0 Å². The molecule has 0 aromatic carbocycles. The Morgan fingerprint density at radius 3 is 3.00 bits per heavy atom. The molecule has 0 aliphatic rings. The Morgan fingerprint density at radius 2 is 2.50 bits per heavy atom. The molecule has 1 atom stereocenters. The summed E-state index contributed by atoms with van der Waals surface area (Å²) in [5.74, 6) is 0.752. The lowest BCUT2D eigenvalue weighted by Crippen LogP contribution is -2.20. The van der Waals surface area contributed by atoms with Crippen molar-refractivity contribution in [2.45, 2.75) is 13.3 Å². The highest BCUT2D eigenvalue weighted by Crippen LogP contribution is 2.05. The topological polar surface area (TPSA) is 72.9 Å². The molecule has 78 valence electrons. The molecule has 5 heteroatoms. The molecule has 1 unspecified atom stereocenters. The van der Waals surface area contributed by atoms with Crippen LogP contribution >= 0.6 is 0 Å². The van der Waals surface area contributed by atoms with Gasteiger partial charge in [0.1, 0.15) is 0 Å². The number of nitrogens with zero attached hydrogens (tertiary/aromatic N) is 2. The fraction of sp³-hybridized carbons (Fsp3) is 0.556.